The molecule has 0 atom stereocenters. The number of amides is 1. The van der Waals surface area contributed by atoms with Crippen LogP contribution in [0.4, 0.5) is 5.13 Å². The normalized spacial score (nSPS) is 10.1. The fourth-order valence-electron chi connectivity index (χ4n) is 1.38. The third kappa shape index (κ3) is 3.30. The van der Waals surface area contributed by atoms with Crippen LogP contribution in [0.1, 0.15) is 16.1 Å². The standard InChI is InChI=1S/C12H12BrN3OS/c1-14-12-16-10(7-18-12)6-15-11(17)8-2-4-9(13)5-3-8/h2-5,7H,6H2,1H3,(H,14,16)(H,15,17). The molecule has 0 aliphatic rings. The zero-order chi connectivity index (χ0) is 13.0. The molecule has 1 aromatic carbocycles. The van der Waals surface area contributed by atoms with Gasteiger partial charge in [-0.25, -0.2) is 4.98 Å². The van der Waals surface area contributed by atoms with Crippen LogP contribution < -0.4 is 10.6 Å². The van der Waals surface area contributed by atoms with Gasteiger partial charge < -0.3 is 10.6 Å². The lowest BCUT2D eigenvalue weighted by molar-refractivity contribution is 0.0950. The predicted octanol–water partition coefficient (Wildman–Crippen LogP) is 2.88. The Morgan fingerprint density at radius 1 is 1.39 bits per heavy atom. The average molecular weight is 326 g/mol. The minimum absolute atomic E-state index is 0.0958. The number of benzene rings is 1. The Morgan fingerprint density at radius 2 is 2.11 bits per heavy atom. The highest BCUT2D eigenvalue weighted by atomic mass is 79.9. The highest BCUT2D eigenvalue weighted by Crippen LogP contribution is 2.14. The molecule has 0 fully saturated rings. The van der Waals surface area contributed by atoms with Crippen molar-refractivity contribution in [1.82, 2.24) is 10.3 Å². The highest BCUT2D eigenvalue weighted by Gasteiger charge is 2.06. The van der Waals surface area contributed by atoms with E-state index < -0.39 is 0 Å². The molecule has 18 heavy (non-hydrogen) atoms. The van der Waals surface area contributed by atoms with Crippen LogP contribution >= 0.6 is 27.3 Å². The smallest absolute Gasteiger partial charge is 0.251 e. The Hall–Kier alpha value is -1.40. The van der Waals surface area contributed by atoms with E-state index in [1.807, 2.05) is 24.6 Å². The topological polar surface area (TPSA) is 54.0 Å². The van der Waals surface area contributed by atoms with Gasteiger partial charge in [0.15, 0.2) is 5.13 Å². The Labute approximate surface area is 118 Å². The lowest BCUT2D eigenvalue weighted by atomic mass is 10.2. The van der Waals surface area contributed by atoms with Crippen molar-refractivity contribution in [2.45, 2.75) is 6.54 Å². The van der Waals surface area contributed by atoms with Crippen LogP contribution in [0.5, 0.6) is 0 Å². The molecule has 1 heterocycles. The van der Waals surface area contributed by atoms with Gasteiger partial charge in [0, 0.05) is 22.5 Å². The number of halogens is 1. The van der Waals surface area contributed by atoms with E-state index in [0.29, 0.717) is 12.1 Å². The maximum Gasteiger partial charge on any atom is 0.251 e. The molecule has 0 bridgehead atoms. The van der Waals surface area contributed by atoms with Gasteiger partial charge >= 0.3 is 0 Å². The Bertz CT molecular complexity index is 539. The molecule has 2 rings (SSSR count). The van der Waals surface area contributed by atoms with Crippen LogP contribution in [-0.2, 0) is 6.54 Å². The first-order valence-corrected chi connectivity index (χ1v) is 7.02. The van der Waals surface area contributed by atoms with Crippen molar-refractivity contribution in [1.29, 1.82) is 0 Å². The number of nitrogens with one attached hydrogen (secondary N) is 2. The molecular weight excluding hydrogens is 314 g/mol. The van der Waals surface area contributed by atoms with Crippen LogP contribution in [0.25, 0.3) is 0 Å². The number of hydrogen-bond donors (Lipinski definition) is 2. The largest absolute Gasteiger partial charge is 0.365 e. The molecule has 4 nitrogen and oxygen atoms in total. The summed E-state index contributed by atoms with van der Waals surface area (Å²) >= 11 is 4.85. The van der Waals surface area contributed by atoms with Gasteiger partial charge in [0.25, 0.3) is 5.91 Å². The van der Waals surface area contributed by atoms with E-state index >= 15 is 0 Å². The summed E-state index contributed by atoms with van der Waals surface area (Å²) in [7, 11) is 1.82. The van der Waals surface area contributed by atoms with Gasteiger partial charge in [-0.2, -0.15) is 0 Å². The summed E-state index contributed by atoms with van der Waals surface area (Å²) in [6.45, 7) is 0.438. The van der Waals surface area contributed by atoms with Crippen molar-refractivity contribution in [3.05, 3.63) is 45.4 Å². The zero-order valence-corrected chi connectivity index (χ0v) is 12.1. The van der Waals surface area contributed by atoms with E-state index in [9.17, 15) is 4.79 Å². The summed E-state index contributed by atoms with van der Waals surface area (Å²) < 4.78 is 0.956. The summed E-state index contributed by atoms with van der Waals surface area (Å²) in [6.07, 6.45) is 0. The van der Waals surface area contributed by atoms with Crippen molar-refractivity contribution >= 4 is 38.3 Å². The lowest BCUT2D eigenvalue weighted by Gasteiger charge is -2.03. The van der Waals surface area contributed by atoms with E-state index in [-0.39, 0.29) is 5.91 Å². The Morgan fingerprint density at radius 3 is 2.72 bits per heavy atom. The quantitative estimate of drug-likeness (QED) is 0.908. The summed E-state index contributed by atoms with van der Waals surface area (Å²) in [6, 6.07) is 7.24. The van der Waals surface area contributed by atoms with Gasteiger partial charge in [-0.1, -0.05) is 15.9 Å². The molecular formula is C12H12BrN3OS. The number of rotatable bonds is 4. The number of aromatic nitrogens is 1. The van der Waals surface area contributed by atoms with Gasteiger partial charge in [0.05, 0.1) is 12.2 Å². The number of hydrogen-bond acceptors (Lipinski definition) is 4. The van der Waals surface area contributed by atoms with Crippen LogP contribution in [0.2, 0.25) is 0 Å². The SMILES string of the molecule is CNc1nc(CNC(=O)c2ccc(Br)cc2)cs1. The highest BCUT2D eigenvalue weighted by molar-refractivity contribution is 9.10. The molecule has 2 N–H and O–H groups in total. The van der Waals surface area contributed by atoms with Crippen molar-refractivity contribution in [2.75, 3.05) is 12.4 Å². The van der Waals surface area contributed by atoms with Crippen LogP contribution in [0, 0.1) is 0 Å². The summed E-state index contributed by atoms with van der Waals surface area (Å²) in [5, 5.41) is 8.57. The van der Waals surface area contributed by atoms with Crippen molar-refractivity contribution < 1.29 is 4.79 Å². The fourth-order valence-corrected chi connectivity index (χ4v) is 2.31. The number of nitrogens with zero attached hydrogens (tertiary/aromatic N) is 1. The molecule has 0 spiro atoms. The van der Waals surface area contributed by atoms with E-state index in [4.69, 9.17) is 0 Å². The Balaban J connectivity index is 1.93. The maximum absolute atomic E-state index is 11.8. The first-order chi connectivity index (χ1) is 8.69. The minimum Gasteiger partial charge on any atom is -0.365 e. The molecule has 0 radical (unpaired) electrons. The molecule has 0 saturated heterocycles. The molecule has 0 unspecified atom stereocenters. The van der Waals surface area contributed by atoms with E-state index in [1.54, 1.807) is 12.1 Å². The van der Waals surface area contributed by atoms with E-state index in [0.717, 1.165) is 15.3 Å². The number of carbonyl (C=O) groups is 1. The number of anilines is 1. The second kappa shape index (κ2) is 5.97. The molecule has 6 heteroatoms. The molecule has 0 aliphatic carbocycles. The summed E-state index contributed by atoms with van der Waals surface area (Å²) in [5.41, 5.74) is 1.50. The molecule has 1 amide bonds. The zero-order valence-electron chi connectivity index (χ0n) is 9.74. The number of thiazole rings is 1. The van der Waals surface area contributed by atoms with Gasteiger partial charge in [-0.3, -0.25) is 4.79 Å². The third-order valence-electron chi connectivity index (χ3n) is 2.30. The monoisotopic (exact) mass is 325 g/mol. The summed E-state index contributed by atoms with van der Waals surface area (Å²) in [5.74, 6) is -0.0958. The molecule has 2 aromatic rings. The first kappa shape index (κ1) is 13.0. The van der Waals surface area contributed by atoms with E-state index in [2.05, 4.69) is 31.5 Å². The van der Waals surface area contributed by atoms with Crippen molar-refractivity contribution in [3.8, 4) is 0 Å². The van der Waals surface area contributed by atoms with E-state index in [1.165, 1.54) is 11.3 Å². The van der Waals surface area contributed by atoms with Crippen LogP contribution in [0.3, 0.4) is 0 Å². The van der Waals surface area contributed by atoms with Crippen LogP contribution in [-0.4, -0.2) is 17.9 Å². The molecule has 0 saturated carbocycles. The second-order valence-corrected chi connectivity index (χ2v) is 5.36. The Kier molecular flexibility index (Phi) is 4.33. The molecule has 94 valence electrons. The average Bonchev–Trinajstić information content (AvgIpc) is 2.85. The lowest BCUT2D eigenvalue weighted by Crippen LogP contribution is -2.22. The predicted molar refractivity (Wildman–Crippen MR) is 77.0 cm³/mol. The van der Waals surface area contributed by atoms with Crippen molar-refractivity contribution in [2.24, 2.45) is 0 Å². The number of carbonyl (C=O) groups excluding carboxylic acids is 1. The van der Waals surface area contributed by atoms with Gasteiger partial charge in [-0.15, -0.1) is 11.3 Å². The maximum atomic E-state index is 11.8. The van der Waals surface area contributed by atoms with Crippen LogP contribution in [0.15, 0.2) is 34.1 Å². The molecule has 0 aliphatic heterocycles. The fraction of sp³-hybridized carbons (Fsp3) is 0.167. The van der Waals surface area contributed by atoms with Gasteiger partial charge in [-0.05, 0) is 24.3 Å². The minimum atomic E-state index is -0.0958. The van der Waals surface area contributed by atoms with Gasteiger partial charge in [0.2, 0.25) is 0 Å². The second-order valence-electron chi connectivity index (χ2n) is 3.58. The van der Waals surface area contributed by atoms with Crippen molar-refractivity contribution in [3.63, 3.8) is 0 Å². The van der Waals surface area contributed by atoms with Gasteiger partial charge in [0.1, 0.15) is 0 Å². The first-order valence-electron chi connectivity index (χ1n) is 5.35. The molecule has 1 aromatic heterocycles. The third-order valence-corrected chi connectivity index (χ3v) is 3.74. The summed E-state index contributed by atoms with van der Waals surface area (Å²) in [4.78, 5) is 16.1.